The minimum absolute atomic E-state index is 0.349. The second-order valence-corrected chi connectivity index (χ2v) is 4.85. The Morgan fingerprint density at radius 1 is 1.32 bits per heavy atom. The zero-order chi connectivity index (χ0) is 13.2. The van der Waals surface area contributed by atoms with Gasteiger partial charge in [-0.15, -0.1) is 0 Å². The Balaban J connectivity index is 2.05. The molecule has 0 aliphatic carbocycles. The van der Waals surface area contributed by atoms with Crippen LogP contribution in [-0.4, -0.2) is 14.4 Å². The van der Waals surface area contributed by atoms with Crippen molar-refractivity contribution in [3.05, 3.63) is 53.0 Å². The number of rotatable bonds is 3. The highest BCUT2D eigenvalue weighted by Crippen LogP contribution is 2.26. The van der Waals surface area contributed by atoms with Crippen molar-refractivity contribution in [2.75, 3.05) is 0 Å². The fourth-order valence-corrected chi connectivity index (χ4v) is 2.20. The monoisotopic (exact) mass is 318 g/mol. The molecule has 6 heteroatoms. The molecule has 5 nitrogen and oxygen atoms in total. The highest BCUT2D eigenvalue weighted by molar-refractivity contribution is 9.10. The van der Waals surface area contributed by atoms with Crippen LogP contribution < -0.4 is 10.5 Å². The van der Waals surface area contributed by atoms with E-state index in [0.717, 1.165) is 15.8 Å². The normalized spacial score (nSPS) is 10.8. The Kier molecular flexibility index (Phi) is 3.18. The molecule has 19 heavy (non-hydrogen) atoms. The third kappa shape index (κ3) is 2.32. The molecular formula is C13H11BrN4O. The molecule has 0 fully saturated rings. The number of hydrogen-bond acceptors (Lipinski definition) is 4. The van der Waals surface area contributed by atoms with Gasteiger partial charge in [0, 0.05) is 23.4 Å². The molecule has 0 radical (unpaired) electrons. The van der Waals surface area contributed by atoms with E-state index >= 15 is 0 Å². The van der Waals surface area contributed by atoms with Crippen molar-refractivity contribution in [3.8, 4) is 11.6 Å². The zero-order valence-corrected chi connectivity index (χ0v) is 11.5. The summed E-state index contributed by atoms with van der Waals surface area (Å²) in [7, 11) is 0. The molecule has 0 atom stereocenters. The van der Waals surface area contributed by atoms with Gasteiger partial charge in [-0.05, 0) is 34.1 Å². The topological polar surface area (TPSA) is 65.4 Å². The van der Waals surface area contributed by atoms with Gasteiger partial charge in [0.1, 0.15) is 17.1 Å². The Bertz CT molecular complexity index is 725. The molecule has 0 aliphatic heterocycles. The molecule has 0 saturated heterocycles. The van der Waals surface area contributed by atoms with Gasteiger partial charge in [0.25, 0.3) is 0 Å². The summed E-state index contributed by atoms with van der Waals surface area (Å²) < 4.78 is 8.53. The Labute approximate surface area is 118 Å². The largest absolute Gasteiger partial charge is 0.436 e. The highest BCUT2D eigenvalue weighted by atomic mass is 79.9. The number of hydrogen-bond donors (Lipinski definition) is 1. The first-order valence-corrected chi connectivity index (χ1v) is 6.51. The molecule has 3 heterocycles. The van der Waals surface area contributed by atoms with Crippen molar-refractivity contribution < 1.29 is 4.74 Å². The molecule has 0 spiro atoms. The third-order valence-corrected chi connectivity index (χ3v) is 3.11. The van der Waals surface area contributed by atoms with Crippen LogP contribution in [0.25, 0.3) is 5.65 Å². The van der Waals surface area contributed by atoms with E-state index in [9.17, 15) is 0 Å². The predicted molar refractivity (Wildman–Crippen MR) is 75.1 cm³/mol. The van der Waals surface area contributed by atoms with Crippen LogP contribution in [0.4, 0.5) is 0 Å². The average Bonchev–Trinajstić information content (AvgIpc) is 2.75. The molecule has 2 N–H and O–H groups in total. The number of nitrogens with two attached hydrogens (primary N) is 1. The van der Waals surface area contributed by atoms with E-state index in [4.69, 9.17) is 10.5 Å². The predicted octanol–water partition coefficient (Wildman–Crippen LogP) is 2.74. The van der Waals surface area contributed by atoms with Gasteiger partial charge in [0.05, 0.1) is 6.20 Å². The van der Waals surface area contributed by atoms with Crippen LogP contribution in [0.5, 0.6) is 11.6 Å². The second kappa shape index (κ2) is 4.99. The number of fused-ring (bicyclic) bond motifs is 1. The van der Waals surface area contributed by atoms with E-state index in [1.165, 1.54) is 0 Å². The van der Waals surface area contributed by atoms with Gasteiger partial charge in [0.2, 0.25) is 5.88 Å². The summed E-state index contributed by atoms with van der Waals surface area (Å²) in [6, 6.07) is 7.59. The highest BCUT2D eigenvalue weighted by Gasteiger charge is 2.12. The van der Waals surface area contributed by atoms with Crippen LogP contribution in [0.3, 0.4) is 0 Å². The van der Waals surface area contributed by atoms with Crippen molar-refractivity contribution >= 4 is 21.6 Å². The lowest BCUT2D eigenvalue weighted by molar-refractivity contribution is 0.457. The minimum Gasteiger partial charge on any atom is -0.436 e. The van der Waals surface area contributed by atoms with Gasteiger partial charge in [-0.25, -0.2) is 0 Å². The smallest absolute Gasteiger partial charge is 0.242 e. The van der Waals surface area contributed by atoms with Crippen LogP contribution in [0.1, 0.15) is 5.69 Å². The fraction of sp³-hybridized carbons (Fsp3) is 0.0769. The van der Waals surface area contributed by atoms with Gasteiger partial charge in [0.15, 0.2) is 0 Å². The SMILES string of the molecule is NCc1c(Oc2cncc(Br)c2)nc2ccccn12. The third-order valence-electron chi connectivity index (χ3n) is 2.68. The molecule has 96 valence electrons. The molecule has 3 rings (SSSR count). The fourth-order valence-electron chi connectivity index (χ4n) is 1.85. The summed E-state index contributed by atoms with van der Waals surface area (Å²) in [5.41, 5.74) is 7.41. The lowest BCUT2D eigenvalue weighted by atomic mass is 10.4. The van der Waals surface area contributed by atoms with Gasteiger partial charge < -0.3 is 10.5 Å². The van der Waals surface area contributed by atoms with Crippen molar-refractivity contribution in [2.24, 2.45) is 5.73 Å². The van der Waals surface area contributed by atoms with E-state index in [2.05, 4.69) is 25.9 Å². The number of ether oxygens (including phenoxy) is 1. The lowest BCUT2D eigenvalue weighted by Crippen LogP contribution is -2.02. The number of imidazole rings is 1. The van der Waals surface area contributed by atoms with Crippen molar-refractivity contribution in [1.82, 2.24) is 14.4 Å². The van der Waals surface area contributed by atoms with E-state index in [-0.39, 0.29) is 0 Å². The van der Waals surface area contributed by atoms with Gasteiger partial charge in [-0.2, -0.15) is 4.98 Å². The average molecular weight is 319 g/mol. The number of nitrogens with zero attached hydrogens (tertiary/aromatic N) is 3. The summed E-state index contributed by atoms with van der Waals surface area (Å²) in [6.45, 7) is 0.349. The summed E-state index contributed by atoms with van der Waals surface area (Å²) in [6.07, 6.45) is 5.24. The maximum atomic E-state index is 5.78. The first-order valence-electron chi connectivity index (χ1n) is 5.72. The molecule has 0 unspecified atom stereocenters. The molecule has 0 aliphatic rings. The Hall–Kier alpha value is -1.92. The standard InChI is InChI=1S/C13H11BrN4O/c14-9-5-10(8-16-7-9)19-13-11(6-15)18-4-2-1-3-12(18)17-13/h1-5,7-8H,6,15H2. The van der Waals surface area contributed by atoms with E-state index in [1.54, 1.807) is 12.4 Å². The minimum atomic E-state index is 0.349. The summed E-state index contributed by atoms with van der Waals surface area (Å²) in [4.78, 5) is 8.48. The Morgan fingerprint density at radius 2 is 2.21 bits per heavy atom. The van der Waals surface area contributed by atoms with Crippen LogP contribution in [0.2, 0.25) is 0 Å². The second-order valence-electron chi connectivity index (χ2n) is 3.94. The summed E-state index contributed by atoms with van der Waals surface area (Å²) >= 11 is 3.35. The molecular weight excluding hydrogens is 308 g/mol. The quantitative estimate of drug-likeness (QED) is 0.806. The van der Waals surface area contributed by atoms with Crippen LogP contribution in [0, 0.1) is 0 Å². The van der Waals surface area contributed by atoms with Gasteiger partial charge in [-0.3, -0.25) is 9.38 Å². The number of pyridine rings is 2. The maximum absolute atomic E-state index is 5.78. The molecule has 0 aromatic carbocycles. The Morgan fingerprint density at radius 3 is 3.00 bits per heavy atom. The lowest BCUT2D eigenvalue weighted by Gasteiger charge is -2.04. The van der Waals surface area contributed by atoms with Crippen LogP contribution in [0.15, 0.2) is 47.3 Å². The van der Waals surface area contributed by atoms with Crippen LogP contribution >= 0.6 is 15.9 Å². The number of halogens is 1. The first kappa shape index (κ1) is 12.1. The summed E-state index contributed by atoms with van der Waals surface area (Å²) in [5, 5.41) is 0. The van der Waals surface area contributed by atoms with E-state index in [0.29, 0.717) is 18.2 Å². The zero-order valence-electron chi connectivity index (χ0n) is 9.95. The molecule has 0 bridgehead atoms. The van der Waals surface area contributed by atoms with Crippen LogP contribution in [-0.2, 0) is 6.54 Å². The number of aromatic nitrogens is 3. The molecule has 0 amide bonds. The van der Waals surface area contributed by atoms with Gasteiger partial charge >= 0.3 is 0 Å². The van der Waals surface area contributed by atoms with E-state index in [1.807, 2.05) is 34.9 Å². The molecule has 3 aromatic heterocycles. The first-order chi connectivity index (χ1) is 9.28. The maximum Gasteiger partial charge on any atom is 0.242 e. The van der Waals surface area contributed by atoms with E-state index < -0.39 is 0 Å². The van der Waals surface area contributed by atoms with Crippen molar-refractivity contribution in [3.63, 3.8) is 0 Å². The summed E-state index contributed by atoms with van der Waals surface area (Å²) in [5.74, 6) is 1.13. The van der Waals surface area contributed by atoms with Crippen molar-refractivity contribution in [2.45, 2.75) is 6.54 Å². The van der Waals surface area contributed by atoms with Gasteiger partial charge in [-0.1, -0.05) is 6.07 Å². The van der Waals surface area contributed by atoms with Crippen molar-refractivity contribution in [1.29, 1.82) is 0 Å². The molecule has 0 saturated carbocycles. The molecule has 3 aromatic rings.